The lowest BCUT2D eigenvalue weighted by atomic mass is 10.2. The zero-order valence-corrected chi connectivity index (χ0v) is 14.7. The Labute approximate surface area is 139 Å². The lowest BCUT2D eigenvalue weighted by Crippen LogP contribution is -2.43. The maximum Gasteiger partial charge on any atom is 0.223 e. The lowest BCUT2D eigenvalue weighted by Gasteiger charge is -2.22. The van der Waals surface area contributed by atoms with E-state index in [1.54, 1.807) is 0 Å². The largest absolute Gasteiger partial charge is 0.354 e. The van der Waals surface area contributed by atoms with E-state index in [0.717, 1.165) is 28.5 Å². The Morgan fingerprint density at radius 3 is 2.91 bits per heavy atom. The SMILES string of the molecule is CS(=O)(=O)N1CCC[C@@H]1CNC(=O)[C@@H]1C[C@H]1c1ccc(Cl)s1. The van der Waals surface area contributed by atoms with Gasteiger partial charge in [-0.1, -0.05) is 11.6 Å². The molecule has 0 radical (unpaired) electrons. The molecule has 0 bridgehead atoms. The molecule has 1 aliphatic carbocycles. The maximum absolute atomic E-state index is 12.2. The molecule has 5 nitrogen and oxygen atoms in total. The Balaban J connectivity index is 1.51. The number of halogens is 1. The number of hydrogen-bond acceptors (Lipinski definition) is 4. The van der Waals surface area contributed by atoms with Crippen LogP contribution in [0.2, 0.25) is 4.34 Å². The van der Waals surface area contributed by atoms with Gasteiger partial charge in [0.05, 0.1) is 10.6 Å². The molecule has 8 heteroatoms. The van der Waals surface area contributed by atoms with E-state index < -0.39 is 10.0 Å². The Bertz CT molecular complexity index is 673. The van der Waals surface area contributed by atoms with Crippen LogP contribution < -0.4 is 5.32 Å². The molecule has 1 aromatic heterocycles. The first-order valence-corrected chi connectivity index (χ1v) is 10.4. The predicted molar refractivity (Wildman–Crippen MR) is 87.8 cm³/mol. The Hall–Kier alpha value is -0.630. The van der Waals surface area contributed by atoms with Gasteiger partial charge in [0.25, 0.3) is 0 Å². The molecule has 1 amide bonds. The molecule has 2 heterocycles. The molecular formula is C14H19ClN2O3S2. The average molecular weight is 363 g/mol. The minimum Gasteiger partial charge on any atom is -0.354 e. The molecule has 3 atom stereocenters. The van der Waals surface area contributed by atoms with Gasteiger partial charge >= 0.3 is 0 Å². The molecule has 0 unspecified atom stereocenters. The fourth-order valence-corrected chi connectivity index (χ4v) is 5.55. The van der Waals surface area contributed by atoms with Crippen LogP contribution in [0.25, 0.3) is 0 Å². The predicted octanol–water partition coefficient (Wildman–Crippen LogP) is 2.05. The Morgan fingerprint density at radius 2 is 2.27 bits per heavy atom. The third kappa shape index (κ3) is 3.48. The van der Waals surface area contributed by atoms with Gasteiger partial charge in [-0.25, -0.2) is 8.42 Å². The first kappa shape index (κ1) is 16.2. The number of carbonyl (C=O) groups excluding carboxylic acids is 1. The van der Waals surface area contributed by atoms with Gasteiger partial charge in [0, 0.05) is 35.8 Å². The fraction of sp³-hybridized carbons (Fsp3) is 0.643. The minimum absolute atomic E-state index is 0.00260. The highest BCUT2D eigenvalue weighted by molar-refractivity contribution is 7.88. The normalized spacial score (nSPS) is 28.7. The van der Waals surface area contributed by atoms with Crippen molar-refractivity contribution in [3.63, 3.8) is 0 Å². The highest BCUT2D eigenvalue weighted by atomic mass is 35.5. The number of nitrogens with one attached hydrogen (secondary N) is 1. The third-order valence-electron chi connectivity index (χ3n) is 4.35. The second-order valence-corrected chi connectivity index (χ2v) is 9.69. The van der Waals surface area contributed by atoms with Crippen LogP contribution in [0.15, 0.2) is 12.1 Å². The number of amides is 1. The van der Waals surface area contributed by atoms with E-state index in [2.05, 4.69) is 5.32 Å². The van der Waals surface area contributed by atoms with E-state index >= 15 is 0 Å². The van der Waals surface area contributed by atoms with Crippen molar-refractivity contribution in [3.8, 4) is 0 Å². The third-order valence-corrected chi connectivity index (χ3v) is 7.04. The van der Waals surface area contributed by atoms with Crippen molar-refractivity contribution >= 4 is 38.9 Å². The standard InChI is InChI=1S/C14H19ClN2O3S2/c1-22(19,20)17-6-2-3-9(17)8-16-14(18)11-7-10(11)12-4-5-13(15)21-12/h4-5,9-11H,2-3,6-8H2,1H3,(H,16,18)/t9-,10-,11-/m1/s1. The number of nitrogens with zero attached hydrogens (tertiary/aromatic N) is 1. The second-order valence-electron chi connectivity index (χ2n) is 6.01. The van der Waals surface area contributed by atoms with Crippen LogP contribution in [-0.4, -0.2) is 44.0 Å². The molecule has 1 aliphatic heterocycles. The van der Waals surface area contributed by atoms with Crippen molar-refractivity contribution in [2.24, 2.45) is 5.92 Å². The molecule has 3 rings (SSSR count). The summed E-state index contributed by atoms with van der Waals surface area (Å²) in [6.07, 6.45) is 3.74. The summed E-state index contributed by atoms with van der Waals surface area (Å²) in [5.41, 5.74) is 0. The second kappa shape index (κ2) is 6.11. The summed E-state index contributed by atoms with van der Waals surface area (Å²) in [4.78, 5) is 13.4. The first-order chi connectivity index (χ1) is 10.4. The van der Waals surface area contributed by atoms with Crippen molar-refractivity contribution in [3.05, 3.63) is 21.3 Å². The van der Waals surface area contributed by atoms with Crippen LogP contribution in [0.5, 0.6) is 0 Å². The highest BCUT2D eigenvalue weighted by Gasteiger charge is 2.45. The van der Waals surface area contributed by atoms with Crippen molar-refractivity contribution < 1.29 is 13.2 Å². The summed E-state index contributed by atoms with van der Waals surface area (Å²) < 4.78 is 25.6. The summed E-state index contributed by atoms with van der Waals surface area (Å²) in [5, 5.41) is 2.92. The van der Waals surface area contributed by atoms with E-state index in [-0.39, 0.29) is 23.8 Å². The van der Waals surface area contributed by atoms with Crippen molar-refractivity contribution in [1.82, 2.24) is 9.62 Å². The van der Waals surface area contributed by atoms with E-state index in [4.69, 9.17) is 11.6 Å². The Kier molecular flexibility index (Phi) is 4.51. The Morgan fingerprint density at radius 1 is 1.50 bits per heavy atom. The van der Waals surface area contributed by atoms with Gasteiger partial charge in [0.2, 0.25) is 15.9 Å². The van der Waals surface area contributed by atoms with Crippen molar-refractivity contribution in [2.45, 2.75) is 31.2 Å². The number of carbonyl (C=O) groups is 1. The van der Waals surface area contributed by atoms with Gasteiger partial charge in [-0.3, -0.25) is 4.79 Å². The number of thiophene rings is 1. The molecule has 2 aliphatic rings. The number of hydrogen-bond donors (Lipinski definition) is 1. The molecule has 2 fully saturated rings. The molecule has 1 saturated carbocycles. The molecule has 0 aromatic carbocycles. The van der Waals surface area contributed by atoms with E-state index in [1.807, 2.05) is 12.1 Å². The van der Waals surface area contributed by atoms with Crippen LogP contribution in [0.3, 0.4) is 0 Å². The van der Waals surface area contributed by atoms with E-state index in [9.17, 15) is 13.2 Å². The summed E-state index contributed by atoms with van der Waals surface area (Å²) in [5.74, 6) is 0.296. The molecule has 0 spiro atoms. The summed E-state index contributed by atoms with van der Waals surface area (Å²) in [6, 6.07) is 3.73. The van der Waals surface area contributed by atoms with Gasteiger partial charge in [-0.05, 0) is 31.4 Å². The monoisotopic (exact) mass is 362 g/mol. The van der Waals surface area contributed by atoms with E-state index in [1.165, 1.54) is 21.9 Å². The van der Waals surface area contributed by atoms with Gasteiger partial charge in [-0.2, -0.15) is 4.31 Å². The summed E-state index contributed by atoms with van der Waals surface area (Å²) >= 11 is 7.45. The van der Waals surface area contributed by atoms with Gasteiger partial charge in [-0.15, -0.1) is 11.3 Å². The van der Waals surface area contributed by atoms with Crippen molar-refractivity contribution in [2.75, 3.05) is 19.3 Å². The molecule has 122 valence electrons. The van der Waals surface area contributed by atoms with Gasteiger partial charge in [0.15, 0.2) is 0 Å². The van der Waals surface area contributed by atoms with Crippen LogP contribution >= 0.6 is 22.9 Å². The quantitative estimate of drug-likeness (QED) is 0.871. The number of rotatable bonds is 5. The zero-order valence-electron chi connectivity index (χ0n) is 12.3. The summed E-state index contributed by atoms with van der Waals surface area (Å²) in [6.45, 7) is 0.958. The van der Waals surface area contributed by atoms with Crippen LogP contribution in [-0.2, 0) is 14.8 Å². The minimum atomic E-state index is -3.19. The van der Waals surface area contributed by atoms with Crippen LogP contribution in [0.4, 0.5) is 0 Å². The highest BCUT2D eigenvalue weighted by Crippen LogP contribution is 2.50. The smallest absolute Gasteiger partial charge is 0.223 e. The number of sulfonamides is 1. The topological polar surface area (TPSA) is 66.5 Å². The zero-order chi connectivity index (χ0) is 15.9. The summed E-state index contributed by atoms with van der Waals surface area (Å²) in [7, 11) is -3.19. The van der Waals surface area contributed by atoms with Gasteiger partial charge < -0.3 is 5.32 Å². The molecular weight excluding hydrogens is 344 g/mol. The van der Waals surface area contributed by atoms with Crippen LogP contribution in [0.1, 0.15) is 30.1 Å². The molecule has 22 heavy (non-hydrogen) atoms. The molecule has 1 saturated heterocycles. The van der Waals surface area contributed by atoms with Crippen molar-refractivity contribution in [1.29, 1.82) is 0 Å². The molecule has 1 N–H and O–H groups in total. The van der Waals surface area contributed by atoms with E-state index in [0.29, 0.717) is 13.1 Å². The average Bonchev–Trinajstić information content (AvgIpc) is 2.88. The molecule has 1 aromatic rings. The maximum atomic E-state index is 12.2. The van der Waals surface area contributed by atoms with Gasteiger partial charge in [0.1, 0.15) is 0 Å². The van der Waals surface area contributed by atoms with Crippen LogP contribution in [0, 0.1) is 5.92 Å². The first-order valence-electron chi connectivity index (χ1n) is 7.36. The fourth-order valence-electron chi connectivity index (χ4n) is 3.13. The lowest BCUT2D eigenvalue weighted by molar-refractivity contribution is -0.122.